The second-order valence-electron chi connectivity index (χ2n) is 3.70. The fraction of sp³-hybridized carbons (Fsp3) is 0.0833. The van der Waals surface area contributed by atoms with Crippen LogP contribution in [0, 0.1) is 3.57 Å². The fourth-order valence-corrected chi connectivity index (χ4v) is 2.01. The van der Waals surface area contributed by atoms with Crippen molar-refractivity contribution in [2.75, 3.05) is 5.32 Å². The minimum Gasteiger partial charge on any atom is -0.325 e. The van der Waals surface area contributed by atoms with E-state index in [-0.39, 0.29) is 23.2 Å². The molecular weight excluding hydrogens is 381 g/mol. The first-order chi connectivity index (χ1) is 9.08. The molecule has 7 heteroatoms. The number of carbonyl (C=O) groups is 1. The van der Waals surface area contributed by atoms with Crippen LogP contribution in [0.2, 0.25) is 5.15 Å². The topological polar surface area (TPSA) is 64.0 Å². The number of aromatic nitrogens is 2. The van der Waals surface area contributed by atoms with Crippen LogP contribution in [-0.2, 0) is 11.3 Å². The first kappa shape index (κ1) is 14.0. The summed E-state index contributed by atoms with van der Waals surface area (Å²) >= 11 is 7.53. The van der Waals surface area contributed by atoms with Gasteiger partial charge >= 0.3 is 0 Å². The molecular formula is C12H9ClIN3O2. The van der Waals surface area contributed by atoms with Gasteiger partial charge in [-0.15, -0.1) is 0 Å². The molecule has 0 atom stereocenters. The summed E-state index contributed by atoms with van der Waals surface area (Å²) in [5.74, 6) is -0.298. The van der Waals surface area contributed by atoms with Crippen molar-refractivity contribution in [2.45, 2.75) is 6.54 Å². The third-order valence-electron chi connectivity index (χ3n) is 2.31. The lowest BCUT2D eigenvalue weighted by atomic mass is 10.3. The smallest absolute Gasteiger partial charge is 0.268 e. The van der Waals surface area contributed by atoms with Gasteiger partial charge in [0.25, 0.3) is 5.56 Å². The Morgan fingerprint density at radius 3 is 2.74 bits per heavy atom. The number of benzene rings is 1. The predicted molar refractivity (Wildman–Crippen MR) is 81.3 cm³/mol. The van der Waals surface area contributed by atoms with E-state index in [4.69, 9.17) is 11.6 Å². The largest absolute Gasteiger partial charge is 0.325 e. The molecule has 1 aromatic carbocycles. The highest BCUT2D eigenvalue weighted by molar-refractivity contribution is 14.1. The summed E-state index contributed by atoms with van der Waals surface area (Å²) in [5.41, 5.74) is 0.348. The lowest BCUT2D eigenvalue weighted by molar-refractivity contribution is -0.116. The Bertz CT molecular complexity index is 658. The molecule has 0 aliphatic rings. The van der Waals surface area contributed by atoms with Crippen LogP contribution in [-0.4, -0.2) is 15.5 Å². The number of nitrogens with one attached hydrogen (secondary N) is 1. The molecule has 0 aliphatic heterocycles. The quantitative estimate of drug-likeness (QED) is 0.646. The van der Waals surface area contributed by atoms with E-state index in [2.05, 4.69) is 10.3 Å². The zero-order valence-corrected chi connectivity index (χ0v) is 12.6. The van der Waals surface area contributed by atoms with Gasteiger partial charge < -0.3 is 5.32 Å². The summed E-state index contributed by atoms with van der Waals surface area (Å²) in [6.07, 6.45) is 1.26. The summed E-state index contributed by atoms with van der Waals surface area (Å²) in [7, 11) is 0. The van der Waals surface area contributed by atoms with Gasteiger partial charge in [-0.2, -0.15) is 0 Å². The van der Waals surface area contributed by atoms with E-state index < -0.39 is 0 Å². The van der Waals surface area contributed by atoms with E-state index in [0.29, 0.717) is 9.26 Å². The first-order valence-corrected chi connectivity index (χ1v) is 6.79. The number of carbonyl (C=O) groups excluding carboxylic acids is 1. The van der Waals surface area contributed by atoms with E-state index in [1.807, 2.05) is 18.2 Å². The second kappa shape index (κ2) is 6.16. The molecule has 0 radical (unpaired) electrons. The normalized spacial score (nSPS) is 10.2. The molecule has 98 valence electrons. The Balaban J connectivity index is 2.12. The Hall–Kier alpha value is -1.41. The molecule has 0 spiro atoms. The molecule has 19 heavy (non-hydrogen) atoms. The van der Waals surface area contributed by atoms with Gasteiger partial charge in [0, 0.05) is 5.69 Å². The van der Waals surface area contributed by atoms with Gasteiger partial charge in [0.15, 0.2) is 0 Å². The number of para-hydroxylation sites is 1. The number of rotatable bonds is 3. The summed E-state index contributed by atoms with van der Waals surface area (Å²) in [6.45, 7) is -0.103. The number of hydrogen-bond donors (Lipinski definition) is 1. The van der Waals surface area contributed by atoms with Crippen molar-refractivity contribution in [3.05, 3.63) is 55.7 Å². The van der Waals surface area contributed by atoms with E-state index in [0.717, 1.165) is 0 Å². The molecule has 0 saturated carbocycles. The standard InChI is InChI=1S/C12H9ClIN3O2/c13-11-10(14)12(19)17(7-15-11)6-9(18)16-8-4-2-1-3-5-8/h1-5,7H,6H2,(H,16,18). The average molecular weight is 390 g/mol. The number of amides is 1. The van der Waals surface area contributed by atoms with Gasteiger partial charge in [-0.1, -0.05) is 29.8 Å². The minimum atomic E-state index is -0.330. The molecule has 1 aromatic heterocycles. The summed E-state index contributed by atoms with van der Waals surface area (Å²) in [4.78, 5) is 27.5. The maximum atomic E-state index is 11.8. The van der Waals surface area contributed by atoms with Gasteiger partial charge in [-0.25, -0.2) is 4.98 Å². The number of hydrogen-bond acceptors (Lipinski definition) is 3. The van der Waals surface area contributed by atoms with E-state index >= 15 is 0 Å². The first-order valence-electron chi connectivity index (χ1n) is 5.33. The number of nitrogens with zero attached hydrogens (tertiary/aromatic N) is 2. The third-order valence-corrected chi connectivity index (χ3v) is 3.89. The summed E-state index contributed by atoms with van der Waals surface area (Å²) in [6, 6.07) is 9.02. The van der Waals surface area contributed by atoms with Crippen LogP contribution in [0.4, 0.5) is 5.69 Å². The maximum Gasteiger partial charge on any atom is 0.268 e. The van der Waals surface area contributed by atoms with Crippen LogP contribution in [0.1, 0.15) is 0 Å². The van der Waals surface area contributed by atoms with Gasteiger partial charge in [-0.05, 0) is 34.7 Å². The number of halogens is 2. The zero-order valence-electron chi connectivity index (χ0n) is 9.64. The third kappa shape index (κ3) is 3.54. The van der Waals surface area contributed by atoms with Gasteiger partial charge in [0.2, 0.25) is 5.91 Å². The molecule has 0 bridgehead atoms. The summed E-state index contributed by atoms with van der Waals surface area (Å²) in [5, 5.41) is 2.83. The molecule has 2 rings (SSSR count). The second-order valence-corrected chi connectivity index (χ2v) is 5.13. The Labute approximate surface area is 127 Å². The SMILES string of the molecule is O=C(Cn1cnc(Cl)c(I)c1=O)Nc1ccccc1. The average Bonchev–Trinajstić information content (AvgIpc) is 2.41. The van der Waals surface area contributed by atoms with Crippen LogP contribution in [0.5, 0.6) is 0 Å². The predicted octanol–water partition coefficient (Wildman–Crippen LogP) is 2.14. The van der Waals surface area contributed by atoms with Crippen molar-refractivity contribution in [3.8, 4) is 0 Å². The highest BCUT2D eigenvalue weighted by Crippen LogP contribution is 2.09. The van der Waals surface area contributed by atoms with Crippen molar-refractivity contribution < 1.29 is 4.79 Å². The molecule has 1 amide bonds. The molecule has 2 aromatic rings. The van der Waals surface area contributed by atoms with Crippen molar-refractivity contribution in [3.63, 3.8) is 0 Å². The van der Waals surface area contributed by atoms with Crippen molar-refractivity contribution in [1.29, 1.82) is 0 Å². The van der Waals surface area contributed by atoms with Crippen LogP contribution in [0.15, 0.2) is 41.5 Å². The molecule has 0 saturated heterocycles. The Morgan fingerprint density at radius 2 is 2.05 bits per heavy atom. The van der Waals surface area contributed by atoms with Gasteiger partial charge in [-0.3, -0.25) is 14.2 Å². The van der Waals surface area contributed by atoms with Crippen molar-refractivity contribution in [2.24, 2.45) is 0 Å². The van der Waals surface area contributed by atoms with E-state index in [1.54, 1.807) is 34.7 Å². The van der Waals surface area contributed by atoms with Crippen LogP contribution in [0.3, 0.4) is 0 Å². The molecule has 0 aliphatic carbocycles. The molecule has 1 heterocycles. The van der Waals surface area contributed by atoms with Crippen LogP contribution >= 0.6 is 34.2 Å². The zero-order chi connectivity index (χ0) is 13.8. The van der Waals surface area contributed by atoms with Crippen molar-refractivity contribution >= 4 is 45.8 Å². The Kier molecular flexibility index (Phi) is 4.54. The van der Waals surface area contributed by atoms with Crippen LogP contribution < -0.4 is 10.9 Å². The lowest BCUT2D eigenvalue weighted by Gasteiger charge is -2.07. The molecule has 5 nitrogen and oxygen atoms in total. The van der Waals surface area contributed by atoms with E-state index in [1.165, 1.54) is 10.9 Å². The van der Waals surface area contributed by atoms with Crippen molar-refractivity contribution in [1.82, 2.24) is 9.55 Å². The van der Waals surface area contributed by atoms with Crippen LogP contribution in [0.25, 0.3) is 0 Å². The molecule has 1 N–H and O–H groups in total. The van der Waals surface area contributed by atoms with E-state index in [9.17, 15) is 9.59 Å². The molecule has 0 fully saturated rings. The monoisotopic (exact) mass is 389 g/mol. The Morgan fingerprint density at radius 1 is 1.37 bits per heavy atom. The highest BCUT2D eigenvalue weighted by atomic mass is 127. The summed E-state index contributed by atoms with van der Waals surface area (Å²) < 4.78 is 1.51. The maximum absolute atomic E-state index is 11.8. The molecule has 0 unspecified atom stereocenters. The van der Waals surface area contributed by atoms with Gasteiger partial charge in [0.1, 0.15) is 15.3 Å². The lowest BCUT2D eigenvalue weighted by Crippen LogP contribution is -2.29. The highest BCUT2D eigenvalue weighted by Gasteiger charge is 2.10. The van der Waals surface area contributed by atoms with Gasteiger partial charge in [0.05, 0.1) is 6.33 Å². The fourth-order valence-electron chi connectivity index (χ4n) is 1.43. The minimum absolute atomic E-state index is 0.103. The number of anilines is 1.